The van der Waals surface area contributed by atoms with E-state index in [0.29, 0.717) is 13.1 Å². The van der Waals surface area contributed by atoms with Crippen molar-refractivity contribution in [2.45, 2.75) is 45.5 Å². The van der Waals surface area contributed by atoms with E-state index in [4.69, 9.17) is 14.6 Å². The van der Waals surface area contributed by atoms with Gasteiger partial charge in [-0.25, -0.2) is 4.79 Å². The molecular formula is C11H21NO4. The molecule has 1 aliphatic heterocycles. The number of carbonyl (C=O) groups excluding carboxylic acids is 1. The lowest BCUT2D eigenvalue weighted by Gasteiger charge is -2.36. The number of amides is 1. The van der Waals surface area contributed by atoms with Gasteiger partial charge < -0.3 is 19.5 Å². The van der Waals surface area contributed by atoms with Crippen LogP contribution in [0.3, 0.4) is 0 Å². The third-order valence-corrected chi connectivity index (χ3v) is 2.18. The van der Waals surface area contributed by atoms with E-state index in [9.17, 15) is 4.79 Å². The summed E-state index contributed by atoms with van der Waals surface area (Å²) in [5, 5.41) is 9.04. The maximum absolute atomic E-state index is 11.8. The number of morpholine rings is 1. The Labute approximate surface area is 96.3 Å². The molecule has 0 saturated carbocycles. The van der Waals surface area contributed by atoms with Crippen LogP contribution in [0.5, 0.6) is 0 Å². The van der Waals surface area contributed by atoms with Gasteiger partial charge in [-0.3, -0.25) is 0 Å². The van der Waals surface area contributed by atoms with Crippen LogP contribution in [-0.4, -0.2) is 53.6 Å². The Morgan fingerprint density at radius 2 is 2.12 bits per heavy atom. The highest BCUT2D eigenvalue weighted by atomic mass is 16.6. The number of aliphatic hydroxyl groups is 1. The number of hydrogen-bond donors (Lipinski definition) is 1. The summed E-state index contributed by atoms with van der Waals surface area (Å²) in [6.07, 6.45) is -0.726. The van der Waals surface area contributed by atoms with Gasteiger partial charge in [0.2, 0.25) is 0 Å². The number of hydrogen-bond acceptors (Lipinski definition) is 4. The van der Waals surface area contributed by atoms with Crippen molar-refractivity contribution in [1.29, 1.82) is 0 Å². The summed E-state index contributed by atoms with van der Waals surface area (Å²) in [5.41, 5.74) is -0.493. The minimum absolute atomic E-state index is 0.0709. The molecule has 0 bridgehead atoms. The second-order valence-corrected chi connectivity index (χ2v) is 5.14. The van der Waals surface area contributed by atoms with Crippen LogP contribution in [0, 0.1) is 0 Å². The number of rotatable bonds is 1. The fraction of sp³-hybridized carbons (Fsp3) is 0.909. The summed E-state index contributed by atoms with van der Waals surface area (Å²) in [6.45, 7) is 8.18. The van der Waals surface area contributed by atoms with Gasteiger partial charge in [0.25, 0.3) is 0 Å². The van der Waals surface area contributed by atoms with Crippen molar-refractivity contribution in [2.75, 3.05) is 19.7 Å². The predicted octanol–water partition coefficient (Wildman–Crippen LogP) is 1.00. The molecule has 1 N–H and O–H groups in total. The molecule has 16 heavy (non-hydrogen) atoms. The Bertz CT molecular complexity index is 249. The van der Waals surface area contributed by atoms with E-state index in [-0.39, 0.29) is 24.9 Å². The SMILES string of the molecule is C[C@@H]1CN(C(=O)OC(C)(C)C)C[C@H](CO)O1. The molecule has 0 aliphatic carbocycles. The molecule has 0 aromatic heterocycles. The molecule has 1 rings (SSSR count). The van der Waals surface area contributed by atoms with E-state index in [2.05, 4.69) is 0 Å². The summed E-state index contributed by atoms with van der Waals surface area (Å²) >= 11 is 0. The van der Waals surface area contributed by atoms with Crippen LogP contribution in [0.15, 0.2) is 0 Å². The lowest BCUT2D eigenvalue weighted by molar-refractivity contribution is -0.0956. The maximum atomic E-state index is 11.8. The van der Waals surface area contributed by atoms with Gasteiger partial charge in [-0.15, -0.1) is 0 Å². The molecule has 0 radical (unpaired) electrons. The zero-order chi connectivity index (χ0) is 12.3. The van der Waals surface area contributed by atoms with Crippen molar-refractivity contribution < 1.29 is 19.4 Å². The third kappa shape index (κ3) is 3.98. The maximum Gasteiger partial charge on any atom is 0.410 e. The Hall–Kier alpha value is -0.810. The number of carbonyl (C=O) groups is 1. The van der Waals surface area contributed by atoms with Gasteiger partial charge >= 0.3 is 6.09 Å². The molecule has 94 valence electrons. The zero-order valence-electron chi connectivity index (χ0n) is 10.4. The monoisotopic (exact) mass is 231 g/mol. The molecule has 1 aliphatic rings. The highest BCUT2D eigenvalue weighted by molar-refractivity contribution is 5.68. The van der Waals surface area contributed by atoms with Gasteiger partial charge in [0, 0.05) is 0 Å². The predicted molar refractivity (Wildman–Crippen MR) is 59.2 cm³/mol. The van der Waals surface area contributed by atoms with Gasteiger partial charge in [-0.05, 0) is 27.7 Å². The van der Waals surface area contributed by atoms with E-state index < -0.39 is 5.60 Å². The van der Waals surface area contributed by atoms with Crippen LogP contribution >= 0.6 is 0 Å². The van der Waals surface area contributed by atoms with Gasteiger partial charge in [-0.2, -0.15) is 0 Å². The molecule has 1 heterocycles. The largest absolute Gasteiger partial charge is 0.444 e. The van der Waals surface area contributed by atoms with Gasteiger partial charge in [0.1, 0.15) is 5.60 Å². The normalized spacial score (nSPS) is 26.7. The second kappa shape index (κ2) is 5.01. The summed E-state index contributed by atoms with van der Waals surface area (Å²) in [7, 11) is 0. The Morgan fingerprint density at radius 1 is 1.50 bits per heavy atom. The molecule has 5 nitrogen and oxygen atoms in total. The molecule has 1 fully saturated rings. The van der Waals surface area contributed by atoms with Crippen LogP contribution in [0.2, 0.25) is 0 Å². The highest BCUT2D eigenvalue weighted by Gasteiger charge is 2.30. The Kier molecular flexibility index (Phi) is 4.15. The lowest BCUT2D eigenvalue weighted by Crippen LogP contribution is -2.51. The minimum Gasteiger partial charge on any atom is -0.444 e. The summed E-state index contributed by atoms with van der Waals surface area (Å²) in [6, 6.07) is 0. The first-order chi connectivity index (χ1) is 7.31. The lowest BCUT2D eigenvalue weighted by atomic mass is 10.2. The Balaban J connectivity index is 2.55. The average molecular weight is 231 g/mol. The smallest absolute Gasteiger partial charge is 0.410 e. The summed E-state index contributed by atoms with van der Waals surface area (Å²) < 4.78 is 10.7. The standard InChI is InChI=1S/C11H21NO4/c1-8-5-12(6-9(7-13)15-8)10(14)16-11(2,3)4/h8-9,13H,5-7H2,1-4H3/t8-,9-/m1/s1. The van der Waals surface area contributed by atoms with Gasteiger partial charge in [-0.1, -0.05) is 0 Å². The van der Waals surface area contributed by atoms with Crippen LogP contribution in [0.4, 0.5) is 4.79 Å². The number of aliphatic hydroxyl groups excluding tert-OH is 1. The molecule has 0 unspecified atom stereocenters. The first-order valence-corrected chi connectivity index (χ1v) is 5.56. The molecule has 0 aromatic rings. The fourth-order valence-electron chi connectivity index (χ4n) is 1.62. The summed E-state index contributed by atoms with van der Waals surface area (Å²) in [4.78, 5) is 13.4. The van der Waals surface area contributed by atoms with Gasteiger partial charge in [0.05, 0.1) is 31.9 Å². The topological polar surface area (TPSA) is 59.0 Å². The van der Waals surface area contributed by atoms with Crippen molar-refractivity contribution in [2.24, 2.45) is 0 Å². The molecule has 2 atom stereocenters. The third-order valence-electron chi connectivity index (χ3n) is 2.18. The van der Waals surface area contributed by atoms with E-state index >= 15 is 0 Å². The van der Waals surface area contributed by atoms with E-state index in [0.717, 1.165) is 0 Å². The van der Waals surface area contributed by atoms with E-state index in [1.54, 1.807) is 4.90 Å². The molecular weight excluding hydrogens is 210 g/mol. The van der Waals surface area contributed by atoms with Gasteiger partial charge in [0.15, 0.2) is 0 Å². The average Bonchev–Trinajstić information content (AvgIpc) is 2.14. The zero-order valence-corrected chi connectivity index (χ0v) is 10.4. The molecule has 0 spiro atoms. The highest BCUT2D eigenvalue weighted by Crippen LogP contribution is 2.15. The van der Waals surface area contributed by atoms with Crippen molar-refractivity contribution in [3.8, 4) is 0 Å². The van der Waals surface area contributed by atoms with E-state index in [1.165, 1.54) is 0 Å². The molecule has 0 aromatic carbocycles. The second-order valence-electron chi connectivity index (χ2n) is 5.14. The number of nitrogens with zero attached hydrogens (tertiary/aromatic N) is 1. The van der Waals surface area contributed by atoms with Crippen molar-refractivity contribution in [3.05, 3.63) is 0 Å². The Morgan fingerprint density at radius 3 is 2.62 bits per heavy atom. The number of ether oxygens (including phenoxy) is 2. The van der Waals surface area contributed by atoms with Crippen LogP contribution in [0.1, 0.15) is 27.7 Å². The van der Waals surface area contributed by atoms with Crippen molar-refractivity contribution >= 4 is 6.09 Å². The quantitative estimate of drug-likeness (QED) is 0.731. The first kappa shape index (κ1) is 13.3. The van der Waals surface area contributed by atoms with Crippen LogP contribution < -0.4 is 0 Å². The fourth-order valence-corrected chi connectivity index (χ4v) is 1.62. The van der Waals surface area contributed by atoms with E-state index in [1.807, 2.05) is 27.7 Å². The van der Waals surface area contributed by atoms with Crippen molar-refractivity contribution in [1.82, 2.24) is 4.90 Å². The summed E-state index contributed by atoms with van der Waals surface area (Å²) in [5.74, 6) is 0. The minimum atomic E-state index is -0.493. The molecule has 1 amide bonds. The van der Waals surface area contributed by atoms with Crippen LogP contribution in [0.25, 0.3) is 0 Å². The van der Waals surface area contributed by atoms with Crippen molar-refractivity contribution in [3.63, 3.8) is 0 Å². The molecule has 1 saturated heterocycles. The first-order valence-electron chi connectivity index (χ1n) is 5.56. The molecule has 5 heteroatoms. The van der Waals surface area contributed by atoms with Crippen LogP contribution in [-0.2, 0) is 9.47 Å².